The smallest absolute Gasteiger partial charge is 0.185 e. The summed E-state index contributed by atoms with van der Waals surface area (Å²) >= 11 is 4.00. The van der Waals surface area contributed by atoms with Gasteiger partial charge in [-0.2, -0.15) is 11.8 Å². The van der Waals surface area contributed by atoms with Crippen LogP contribution in [0.1, 0.15) is 50.1 Å². The number of aromatic nitrogens is 1. The molecular weight excluding hydrogens is 286 g/mol. The van der Waals surface area contributed by atoms with Crippen molar-refractivity contribution in [1.29, 1.82) is 0 Å². The Bertz CT molecular complexity index is 454. The lowest BCUT2D eigenvalue weighted by Gasteiger charge is -2.30. The fraction of sp³-hybridized carbons (Fsp3) is 0.800. The van der Waals surface area contributed by atoms with Crippen molar-refractivity contribution in [1.82, 2.24) is 10.3 Å². The number of thioether (sulfide) groups is 1. The molecule has 1 aliphatic heterocycles. The molecule has 1 aromatic heterocycles. The van der Waals surface area contributed by atoms with Gasteiger partial charge in [-0.1, -0.05) is 20.8 Å². The Labute approximate surface area is 130 Å². The third-order valence-electron chi connectivity index (χ3n) is 3.86. The van der Waals surface area contributed by atoms with Gasteiger partial charge in [0.15, 0.2) is 5.13 Å². The highest BCUT2D eigenvalue weighted by Crippen LogP contribution is 2.44. The summed E-state index contributed by atoms with van der Waals surface area (Å²) in [4.78, 5) is 8.97. The lowest BCUT2D eigenvalue weighted by molar-refractivity contribution is 0.590. The summed E-state index contributed by atoms with van der Waals surface area (Å²) in [6, 6.07) is 0.541. The van der Waals surface area contributed by atoms with E-state index in [4.69, 9.17) is 4.98 Å². The monoisotopic (exact) mass is 311 g/mol. The second-order valence-electron chi connectivity index (χ2n) is 6.24. The topological polar surface area (TPSA) is 28.2 Å². The van der Waals surface area contributed by atoms with Gasteiger partial charge in [-0.25, -0.2) is 4.98 Å². The Morgan fingerprint density at radius 1 is 1.40 bits per heavy atom. The van der Waals surface area contributed by atoms with E-state index in [9.17, 15) is 0 Å². The van der Waals surface area contributed by atoms with Gasteiger partial charge in [-0.05, 0) is 12.8 Å². The normalized spacial score (nSPS) is 23.6. The lowest BCUT2D eigenvalue weighted by atomic mass is 10.2. The quantitative estimate of drug-likeness (QED) is 0.901. The van der Waals surface area contributed by atoms with Crippen molar-refractivity contribution in [3.05, 3.63) is 10.6 Å². The molecule has 1 unspecified atom stereocenters. The summed E-state index contributed by atoms with van der Waals surface area (Å²) < 4.78 is 0. The fourth-order valence-electron chi connectivity index (χ4n) is 2.58. The SMILES string of the molecule is CC(C)NCc1sc(N2CCSC(C)C2)nc1C1CC1. The number of nitrogens with zero attached hydrogens (tertiary/aromatic N) is 2. The lowest BCUT2D eigenvalue weighted by Crippen LogP contribution is -2.36. The molecule has 0 spiro atoms. The third-order valence-corrected chi connectivity index (χ3v) is 6.13. The third kappa shape index (κ3) is 3.49. The van der Waals surface area contributed by atoms with Crippen molar-refractivity contribution in [2.24, 2.45) is 0 Å². The first-order chi connectivity index (χ1) is 9.63. The van der Waals surface area contributed by atoms with Crippen molar-refractivity contribution in [2.45, 2.75) is 57.4 Å². The summed E-state index contributed by atoms with van der Waals surface area (Å²) in [5, 5.41) is 5.55. The first kappa shape index (κ1) is 14.7. The molecule has 5 heteroatoms. The minimum Gasteiger partial charge on any atom is -0.346 e. The second-order valence-corrected chi connectivity index (χ2v) is 8.85. The van der Waals surface area contributed by atoms with E-state index in [-0.39, 0.29) is 0 Å². The van der Waals surface area contributed by atoms with Crippen LogP contribution in [-0.4, -0.2) is 35.1 Å². The molecular formula is C15H25N3S2. The summed E-state index contributed by atoms with van der Waals surface area (Å²) in [5.74, 6) is 1.99. The molecule has 1 saturated carbocycles. The molecule has 1 aromatic rings. The summed E-state index contributed by atoms with van der Waals surface area (Å²) in [6.45, 7) is 10.0. The molecule has 112 valence electrons. The molecule has 3 nitrogen and oxygen atoms in total. The first-order valence-corrected chi connectivity index (χ1v) is 9.59. The van der Waals surface area contributed by atoms with Crippen LogP contribution in [-0.2, 0) is 6.54 Å². The predicted octanol–water partition coefficient (Wildman–Crippen LogP) is 3.46. The van der Waals surface area contributed by atoms with Crippen LogP contribution in [0.15, 0.2) is 0 Å². The fourth-order valence-corrected chi connectivity index (χ4v) is 4.72. The molecule has 0 radical (unpaired) electrons. The van der Waals surface area contributed by atoms with Crippen molar-refractivity contribution >= 4 is 28.2 Å². The number of hydrogen-bond donors (Lipinski definition) is 1. The highest BCUT2D eigenvalue weighted by Gasteiger charge is 2.31. The van der Waals surface area contributed by atoms with Crippen LogP contribution in [0.3, 0.4) is 0 Å². The van der Waals surface area contributed by atoms with Crippen LogP contribution < -0.4 is 10.2 Å². The summed E-state index contributed by atoms with van der Waals surface area (Å²) in [5.41, 5.74) is 1.39. The molecule has 2 fully saturated rings. The first-order valence-electron chi connectivity index (χ1n) is 7.73. The molecule has 3 rings (SSSR count). The molecule has 2 heterocycles. The van der Waals surface area contributed by atoms with Crippen LogP contribution in [0.25, 0.3) is 0 Å². The van der Waals surface area contributed by atoms with Crippen LogP contribution in [0.2, 0.25) is 0 Å². The van der Waals surface area contributed by atoms with Gasteiger partial charge in [0.1, 0.15) is 0 Å². The van der Waals surface area contributed by atoms with Crippen molar-refractivity contribution in [2.75, 3.05) is 23.7 Å². The average molecular weight is 312 g/mol. The summed E-state index contributed by atoms with van der Waals surface area (Å²) in [6.07, 6.45) is 2.67. The van der Waals surface area contributed by atoms with Gasteiger partial charge in [-0.15, -0.1) is 11.3 Å². The minimum atomic E-state index is 0.541. The molecule has 0 aromatic carbocycles. The Balaban J connectivity index is 1.75. The predicted molar refractivity (Wildman–Crippen MR) is 90.2 cm³/mol. The molecule has 1 saturated heterocycles. The van der Waals surface area contributed by atoms with Crippen LogP contribution in [0, 0.1) is 0 Å². The van der Waals surface area contributed by atoms with Crippen molar-refractivity contribution in [3.8, 4) is 0 Å². The zero-order valence-electron chi connectivity index (χ0n) is 12.7. The van der Waals surface area contributed by atoms with Crippen molar-refractivity contribution < 1.29 is 0 Å². The zero-order valence-corrected chi connectivity index (χ0v) is 14.3. The molecule has 2 aliphatic rings. The Morgan fingerprint density at radius 2 is 2.20 bits per heavy atom. The molecule has 20 heavy (non-hydrogen) atoms. The zero-order chi connectivity index (χ0) is 14.1. The number of hydrogen-bond acceptors (Lipinski definition) is 5. The van der Waals surface area contributed by atoms with Crippen LogP contribution >= 0.6 is 23.1 Å². The average Bonchev–Trinajstić information content (AvgIpc) is 3.16. The molecule has 1 aliphatic carbocycles. The highest BCUT2D eigenvalue weighted by molar-refractivity contribution is 8.00. The van der Waals surface area contributed by atoms with Gasteiger partial charge >= 0.3 is 0 Å². The van der Waals surface area contributed by atoms with E-state index >= 15 is 0 Å². The van der Waals surface area contributed by atoms with Crippen LogP contribution in [0.5, 0.6) is 0 Å². The van der Waals surface area contributed by atoms with E-state index in [1.165, 1.54) is 34.3 Å². The van der Waals surface area contributed by atoms with Gasteiger partial charge in [0.25, 0.3) is 0 Å². The molecule has 0 bridgehead atoms. The highest BCUT2D eigenvalue weighted by atomic mass is 32.2. The standard InChI is InChI=1S/C15H25N3S2/c1-10(2)16-8-13-14(12-4-5-12)17-15(20-13)18-6-7-19-11(3)9-18/h10-12,16H,4-9H2,1-3H3. The molecule has 0 amide bonds. The maximum atomic E-state index is 5.00. The Kier molecular flexibility index (Phi) is 4.58. The van der Waals surface area contributed by atoms with E-state index < -0.39 is 0 Å². The number of nitrogens with one attached hydrogen (secondary N) is 1. The van der Waals surface area contributed by atoms with E-state index in [0.717, 1.165) is 30.8 Å². The maximum absolute atomic E-state index is 5.00. The van der Waals surface area contributed by atoms with E-state index in [2.05, 4.69) is 42.7 Å². The van der Waals surface area contributed by atoms with Crippen molar-refractivity contribution in [3.63, 3.8) is 0 Å². The molecule has 1 atom stereocenters. The molecule has 1 N–H and O–H groups in total. The number of thiazole rings is 1. The number of anilines is 1. The second kappa shape index (κ2) is 6.24. The van der Waals surface area contributed by atoms with Gasteiger partial charge in [0.2, 0.25) is 0 Å². The van der Waals surface area contributed by atoms with E-state index in [0.29, 0.717) is 6.04 Å². The van der Waals surface area contributed by atoms with Gasteiger partial charge < -0.3 is 10.2 Å². The maximum Gasteiger partial charge on any atom is 0.185 e. The summed E-state index contributed by atoms with van der Waals surface area (Å²) in [7, 11) is 0. The van der Waals surface area contributed by atoms with E-state index in [1.807, 2.05) is 11.3 Å². The van der Waals surface area contributed by atoms with Crippen LogP contribution in [0.4, 0.5) is 5.13 Å². The van der Waals surface area contributed by atoms with Gasteiger partial charge in [0.05, 0.1) is 5.69 Å². The Hall–Kier alpha value is -0.260. The largest absolute Gasteiger partial charge is 0.346 e. The Morgan fingerprint density at radius 3 is 2.85 bits per heavy atom. The minimum absolute atomic E-state index is 0.541. The van der Waals surface area contributed by atoms with Gasteiger partial charge in [0, 0.05) is 47.5 Å². The number of rotatable bonds is 5. The van der Waals surface area contributed by atoms with E-state index in [1.54, 1.807) is 0 Å². The van der Waals surface area contributed by atoms with Gasteiger partial charge in [-0.3, -0.25) is 0 Å².